The molecule has 0 atom stereocenters. The molecule has 0 radical (unpaired) electrons. The summed E-state index contributed by atoms with van der Waals surface area (Å²) in [5, 5.41) is 5.40. The Balaban J connectivity index is 1.60. The van der Waals surface area contributed by atoms with Crippen LogP contribution in [0.5, 0.6) is 0 Å². The van der Waals surface area contributed by atoms with Crippen molar-refractivity contribution >= 4 is 28.9 Å². The molecule has 7 heteroatoms. The molecule has 0 fully saturated rings. The summed E-state index contributed by atoms with van der Waals surface area (Å²) in [5.41, 5.74) is 2.35. The predicted octanol–water partition coefficient (Wildman–Crippen LogP) is 4.31. The molecular weight excluding hydrogens is 367 g/mol. The number of carbonyl (C=O) groups is 2. The van der Waals surface area contributed by atoms with E-state index in [4.69, 9.17) is 4.74 Å². The Morgan fingerprint density at radius 1 is 1.15 bits per heavy atom. The molecule has 1 heterocycles. The van der Waals surface area contributed by atoms with Crippen LogP contribution in [0.2, 0.25) is 0 Å². The summed E-state index contributed by atoms with van der Waals surface area (Å²) < 4.78 is 17.7. The number of carbonyl (C=O) groups excluding carboxylic acids is 2. The van der Waals surface area contributed by atoms with Crippen molar-refractivity contribution in [1.82, 2.24) is 4.98 Å². The number of nitrogens with zero attached hydrogens (tertiary/aromatic N) is 1. The quantitative estimate of drug-likeness (QED) is 0.643. The lowest BCUT2D eigenvalue weighted by molar-refractivity contribution is -0.116. The van der Waals surface area contributed by atoms with E-state index in [0.29, 0.717) is 17.7 Å². The lowest BCUT2D eigenvalue weighted by atomic mass is 10.1. The molecule has 0 saturated heterocycles. The zero-order chi connectivity index (χ0) is 19.2. The molecule has 3 aromatic rings. The van der Waals surface area contributed by atoms with Gasteiger partial charge in [0, 0.05) is 17.4 Å². The van der Waals surface area contributed by atoms with E-state index in [1.807, 2.05) is 5.38 Å². The lowest BCUT2D eigenvalue weighted by Crippen LogP contribution is -2.15. The van der Waals surface area contributed by atoms with Crippen LogP contribution < -0.4 is 5.32 Å². The molecule has 0 saturated carbocycles. The van der Waals surface area contributed by atoms with E-state index in [2.05, 4.69) is 10.3 Å². The van der Waals surface area contributed by atoms with Gasteiger partial charge in [-0.05, 0) is 42.8 Å². The molecule has 138 valence electrons. The van der Waals surface area contributed by atoms with Crippen LogP contribution >= 0.6 is 11.3 Å². The highest BCUT2D eigenvalue weighted by atomic mass is 32.1. The number of amides is 1. The van der Waals surface area contributed by atoms with E-state index in [0.717, 1.165) is 16.3 Å². The smallest absolute Gasteiger partial charge is 0.339 e. The van der Waals surface area contributed by atoms with Gasteiger partial charge in [0.15, 0.2) is 0 Å². The molecule has 0 aliphatic heterocycles. The van der Waals surface area contributed by atoms with Crippen LogP contribution in [0.4, 0.5) is 10.1 Å². The first-order chi connectivity index (χ1) is 13.1. The number of methoxy groups -OCH3 is 1. The maximum atomic E-state index is 13.0. The summed E-state index contributed by atoms with van der Waals surface area (Å²) >= 11 is 1.45. The molecule has 1 aromatic heterocycles. The Labute approximate surface area is 159 Å². The van der Waals surface area contributed by atoms with Crippen molar-refractivity contribution in [2.75, 3.05) is 12.4 Å². The molecule has 0 unspecified atom stereocenters. The number of esters is 1. The molecule has 0 spiro atoms. The van der Waals surface area contributed by atoms with Gasteiger partial charge in [0.05, 0.1) is 24.1 Å². The van der Waals surface area contributed by atoms with Gasteiger partial charge in [0.2, 0.25) is 5.91 Å². The van der Waals surface area contributed by atoms with E-state index >= 15 is 0 Å². The van der Waals surface area contributed by atoms with Crippen molar-refractivity contribution in [3.63, 3.8) is 0 Å². The van der Waals surface area contributed by atoms with Gasteiger partial charge in [-0.15, -0.1) is 11.3 Å². The fourth-order valence-electron chi connectivity index (χ4n) is 2.48. The first-order valence-corrected chi connectivity index (χ1v) is 9.12. The lowest BCUT2D eigenvalue weighted by Gasteiger charge is -2.09. The molecule has 27 heavy (non-hydrogen) atoms. The third-order valence-electron chi connectivity index (χ3n) is 3.86. The normalized spacial score (nSPS) is 10.4. The summed E-state index contributed by atoms with van der Waals surface area (Å²) in [5.74, 6) is -1.02. The molecule has 3 rings (SSSR count). The van der Waals surface area contributed by atoms with Crippen molar-refractivity contribution in [3.05, 3.63) is 71.0 Å². The monoisotopic (exact) mass is 384 g/mol. The number of halogens is 1. The number of ether oxygens (including phenoxy) is 1. The Morgan fingerprint density at radius 3 is 2.63 bits per heavy atom. The largest absolute Gasteiger partial charge is 0.465 e. The number of aromatic nitrogens is 1. The molecule has 5 nitrogen and oxygen atoms in total. The van der Waals surface area contributed by atoms with Gasteiger partial charge in [0.1, 0.15) is 10.8 Å². The first kappa shape index (κ1) is 18.7. The van der Waals surface area contributed by atoms with Gasteiger partial charge in [-0.2, -0.15) is 0 Å². The molecule has 1 N–H and O–H groups in total. The van der Waals surface area contributed by atoms with E-state index in [9.17, 15) is 14.0 Å². The predicted molar refractivity (Wildman–Crippen MR) is 102 cm³/mol. The summed E-state index contributed by atoms with van der Waals surface area (Å²) in [7, 11) is 1.29. The number of hydrogen-bond donors (Lipinski definition) is 1. The Hall–Kier alpha value is -3.06. The van der Waals surface area contributed by atoms with Gasteiger partial charge in [-0.1, -0.05) is 12.1 Å². The summed E-state index contributed by atoms with van der Waals surface area (Å²) in [6.07, 6.45) is 0.687. The zero-order valence-electron chi connectivity index (χ0n) is 14.6. The maximum absolute atomic E-state index is 13.0. The van der Waals surface area contributed by atoms with Crippen LogP contribution in [0.1, 0.15) is 22.5 Å². The van der Waals surface area contributed by atoms with E-state index < -0.39 is 5.97 Å². The minimum atomic E-state index is -0.505. The molecule has 2 aromatic carbocycles. The zero-order valence-corrected chi connectivity index (χ0v) is 15.4. The van der Waals surface area contributed by atoms with Crippen molar-refractivity contribution in [3.8, 4) is 10.6 Å². The number of para-hydroxylation sites is 1. The van der Waals surface area contributed by atoms with E-state index in [1.165, 1.54) is 30.6 Å². The number of thiazole rings is 1. The Morgan fingerprint density at radius 2 is 1.89 bits per heavy atom. The number of aryl methyl sites for hydroxylation is 1. The number of anilines is 1. The maximum Gasteiger partial charge on any atom is 0.339 e. The van der Waals surface area contributed by atoms with Crippen molar-refractivity contribution in [2.45, 2.75) is 12.8 Å². The van der Waals surface area contributed by atoms with Gasteiger partial charge >= 0.3 is 5.97 Å². The average molecular weight is 384 g/mol. The van der Waals surface area contributed by atoms with Gasteiger partial charge in [-0.3, -0.25) is 4.79 Å². The van der Waals surface area contributed by atoms with Crippen LogP contribution in [0.25, 0.3) is 10.6 Å². The van der Waals surface area contributed by atoms with E-state index in [1.54, 1.807) is 36.4 Å². The summed E-state index contributed by atoms with van der Waals surface area (Å²) in [6.45, 7) is 0. The minimum Gasteiger partial charge on any atom is -0.465 e. The Kier molecular flexibility index (Phi) is 5.93. The van der Waals surface area contributed by atoms with Crippen molar-refractivity contribution < 1.29 is 18.7 Å². The fraction of sp³-hybridized carbons (Fsp3) is 0.150. The van der Waals surface area contributed by atoms with Crippen molar-refractivity contribution in [1.29, 1.82) is 0 Å². The molecule has 1 amide bonds. The minimum absolute atomic E-state index is 0.220. The average Bonchev–Trinajstić information content (AvgIpc) is 3.16. The second-order valence-corrected chi connectivity index (χ2v) is 6.59. The van der Waals surface area contributed by atoms with Crippen LogP contribution in [-0.2, 0) is 16.0 Å². The second kappa shape index (κ2) is 8.55. The van der Waals surface area contributed by atoms with Gasteiger partial charge < -0.3 is 10.1 Å². The SMILES string of the molecule is COC(=O)c1ccccc1NC(=O)CCc1csc(-c2ccc(F)cc2)n1. The topological polar surface area (TPSA) is 68.3 Å². The number of hydrogen-bond acceptors (Lipinski definition) is 5. The third kappa shape index (κ3) is 4.77. The first-order valence-electron chi connectivity index (χ1n) is 8.24. The van der Waals surface area contributed by atoms with Crippen LogP contribution in [0.15, 0.2) is 53.9 Å². The standard InChI is InChI=1S/C20H17FN2O3S/c1-26-20(25)16-4-2-3-5-17(16)23-18(24)11-10-15-12-27-19(22-15)13-6-8-14(21)9-7-13/h2-9,12H,10-11H2,1H3,(H,23,24). The summed E-state index contributed by atoms with van der Waals surface area (Å²) in [4.78, 5) is 28.5. The highest BCUT2D eigenvalue weighted by Crippen LogP contribution is 2.24. The Bertz CT molecular complexity index is 954. The van der Waals surface area contributed by atoms with E-state index in [-0.39, 0.29) is 18.1 Å². The number of rotatable bonds is 6. The summed E-state index contributed by atoms with van der Waals surface area (Å²) in [6, 6.07) is 12.8. The fourth-order valence-corrected chi connectivity index (χ4v) is 3.34. The van der Waals surface area contributed by atoms with Crippen LogP contribution in [-0.4, -0.2) is 24.0 Å². The molecule has 0 bridgehead atoms. The molecule has 0 aliphatic rings. The van der Waals surface area contributed by atoms with Crippen LogP contribution in [0, 0.1) is 5.82 Å². The second-order valence-electron chi connectivity index (χ2n) is 5.74. The van der Waals surface area contributed by atoms with Gasteiger partial charge in [-0.25, -0.2) is 14.2 Å². The third-order valence-corrected chi connectivity index (χ3v) is 4.80. The molecular formula is C20H17FN2O3S. The van der Waals surface area contributed by atoms with Crippen molar-refractivity contribution in [2.24, 2.45) is 0 Å². The highest BCUT2D eigenvalue weighted by molar-refractivity contribution is 7.13. The van der Waals surface area contributed by atoms with Gasteiger partial charge in [0.25, 0.3) is 0 Å². The number of nitrogens with one attached hydrogen (secondary N) is 1. The molecule has 0 aliphatic carbocycles. The number of benzene rings is 2. The highest BCUT2D eigenvalue weighted by Gasteiger charge is 2.14. The van der Waals surface area contributed by atoms with Crippen LogP contribution in [0.3, 0.4) is 0 Å².